The smallest absolute Gasteiger partial charge is 0.211 e. The Bertz CT molecular complexity index is 515. The molecule has 0 aliphatic heterocycles. The van der Waals surface area contributed by atoms with Crippen LogP contribution in [0.15, 0.2) is 29.2 Å². The van der Waals surface area contributed by atoms with Crippen molar-refractivity contribution in [2.24, 2.45) is 5.92 Å². The van der Waals surface area contributed by atoms with Crippen molar-refractivity contribution in [3.8, 4) is 0 Å². The normalized spacial score (nSPS) is 24.3. The lowest BCUT2D eigenvalue weighted by atomic mass is 10.1. The molecule has 2 atom stereocenters. The molecule has 0 radical (unpaired) electrons. The molecule has 2 rings (SSSR count). The Kier molecular flexibility index (Phi) is 4.45. The maximum absolute atomic E-state index is 12.1. The molecule has 0 aromatic heterocycles. The van der Waals surface area contributed by atoms with Crippen LogP contribution in [0.25, 0.3) is 0 Å². The first kappa shape index (κ1) is 14.0. The number of nitrogens with one attached hydrogen (secondary N) is 1. The molecule has 5 heteroatoms. The Morgan fingerprint density at radius 2 is 2.17 bits per heavy atom. The fourth-order valence-electron chi connectivity index (χ4n) is 2.29. The molecule has 0 bridgehead atoms. The van der Waals surface area contributed by atoms with Crippen LogP contribution in [0.3, 0.4) is 0 Å². The first-order chi connectivity index (χ1) is 8.47. The number of hydrogen-bond donors (Lipinski definition) is 1. The standard InChI is InChI=1S/C13H18BrNO2S/c1-10-3-2-4-13(7-10)18(16,17)15-9-11-5-6-12(14)8-11/h2-4,7,11-12,15H,5-6,8-9H2,1H3. The maximum Gasteiger partial charge on any atom is 0.240 e. The molecule has 100 valence electrons. The average molecular weight is 332 g/mol. The van der Waals surface area contributed by atoms with E-state index in [1.54, 1.807) is 18.2 Å². The summed E-state index contributed by atoms with van der Waals surface area (Å²) in [5, 5.41) is 0. The zero-order valence-electron chi connectivity index (χ0n) is 10.4. The van der Waals surface area contributed by atoms with Gasteiger partial charge in [0.1, 0.15) is 0 Å². The van der Waals surface area contributed by atoms with Crippen molar-refractivity contribution in [2.45, 2.75) is 35.9 Å². The quantitative estimate of drug-likeness (QED) is 0.862. The number of rotatable bonds is 4. The van der Waals surface area contributed by atoms with E-state index in [1.807, 2.05) is 13.0 Å². The molecular formula is C13H18BrNO2S. The molecule has 0 amide bonds. The topological polar surface area (TPSA) is 46.2 Å². The van der Waals surface area contributed by atoms with Gasteiger partial charge >= 0.3 is 0 Å². The Morgan fingerprint density at radius 1 is 1.39 bits per heavy atom. The summed E-state index contributed by atoms with van der Waals surface area (Å²) in [6.07, 6.45) is 3.28. The summed E-state index contributed by atoms with van der Waals surface area (Å²) in [5.74, 6) is 0.453. The van der Waals surface area contributed by atoms with E-state index in [0.29, 0.717) is 22.2 Å². The molecule has 1 aromatic carbocycles. The maximum atomic E-state index is 12.1. The van der Waals surface area contributed by atoms with Crippen LogP contribution in [0.4, 0.5) is 0 Å². The van der Waals surface area contributed by atoms with Gasteiger partial charge in [-0.25, -0.2) is 13.1 Å². The second-order valence-corrected chi connectivity index (χ2v) is 8.01. The van der Waals surface area contributed by atoms with Crippen molar-refractivity contribution >= 4 is 26.0 Å². The zero-order valence-corrected chi connectivity index (χ0v) is 12.8. The monoisotopic (exact) mass is 331 g/mol. The Balaban J connectivity index is 1.99. The highest BCUT2D eigenvalue weighted by Gasteiger charge is 2.24. The van der Waals surface area contributed by atoms with Crippen molar-refractivity contribution in [1.29, 1.82) is 0 Å². The van der Waals surface area contributed by atoms with E-state index in [2.05, 4.69) is 20.7 Å². The van der Waals surface area contributed by atoms with Crippen LogP contribution >= 0.6 is 15.9 Å². The molecule has 1 saturated carbocycles. The number of benzene rings is 1. The van der Waals surface area contributed by atoms with Crippen LogP contribution in [0, 0.1) is 12.8 Å². The summed E-state index contributed by atoms with van der Waals surface area (Å²) < 4.78 is 26.9. The van der Waals surface area contributed by atoms with Crippen molar-refractivity contribution in [3.05, 3.63) is 29.8 Å². The summed E-state index contributed by atoms with van der Waals surface area (Å²) in [7, 11) is -3.35. The summed E-state index contributed by atoms with van der Waals surface area (Å²) in [6.45, 7) is 2.43. The van der Waals surface area contributed by atoms with Gasteiger partial charge in [-0.15, -0.1) is 0 Å². The molecule has 18 heavy (non-hydrogen) atoms. The Hall–Kier alpha value is -0.390. The van der Waals surface area contributed by atoms with E-state index in [9.17, 15) is 8.42 Å². The van der Waals surface area contributed by atoms with E-state index < -0.39 is 10.0 Å². The molecule has 0 saturated heterocycles. The predicted molar refractivity (Wildman–Crippen MR) is 76.4 cm³/mol. The van der Waals surface area contributed by atoms with Crippen LogP contribution in [-0.4, -0.2) is 19.8 Å². The van der Waals surface area contributed by atoms with Crippen LogP contribution in [0.2, 0.25) is 0 Å². The minimum Gasteiger partial charge on any atom is -0.211 e. The first-order valence-electron chi connectivity index (χ1n) is 6.18. The van der Waals surface area contributed by atoms with Crippen molar-refractivity contribution in [3.63, 3.8) is 0 Å². The third-order valence-corrected chi connectivity index (χ3v) is 5.59. The van der Waals surface area contributed by atoms with Gasteiger partial charge in [-0.1, -0.05) is 28.1 Å². The van der Waals surface area contributed by atoms with E-state index >= 15 is 0 Å². The van der Waals surface area contributed by atoms with Gasteiger partial charge in [0.15, 0.2) is 0 Å². The molecule has 0 heterocycles. The highest BCUT2D eigenvalue weighted by atomic mass is 79.9. The number of aryl methyl sites for hydroxylation is 1. The largest absolute Gasteiger partial charge is 0.240 e. The van der Waals surface area contributed by atoms with E-state index in [-0.39, 0.29) is 0 Å². The molecule has 3 nitrogen and oxygen atoms in total. The summed E-state index contributed by atoms with van der Waals surface area (Å²) in [5.41, 5.74) is 0.958. The van der Waals surface area contributed by atoms with Gasteiger partial charge in [0, 0.05) is 11.4 Å². The van der Waals surface area contributed by atoms with Crippen LogP contribution in [0.5, 0.6) is 0 Å². The SMILES string of the molecule is Cc1cccc(S(=O)(=O)NCC2CCC(Br)C2)c1. The number of alkyl halides is 1. The summed E-state index contributed by atoms with van der Waals surface area (Å²) in [6, 6.07) is 7.00. The van der Waals surface area contributed by atoms with Gasteiger partial charge < -0.3 is 0 Å². The van der Waals surface area contributed by atoms with Crippen LogP contribution < -0.4 is 4.72 Å². The molecule has 1 N–H and O–H groups in total. The van der Waals surface area contributed by atoms with E-state index in [0.717, 1.165) is 24.8 Å². The molecule has 1 fully saturated rings. The van der Waals surface area contributed by atoms with Crippen LogP contribution in [0.1, 0.15) is 24.8 Å². The van der Waals surface area contributed by atoms with Gasteiger partial charge in [0.25, 0.3) is 0 Å². The van der Waals surface area contributed by atoms with Gasteiger partial charge in [-0.3, -0.25) is 0 Å². The lowest BCUT2D eigenvalue weighted by Crippen LogP contribution is -2.28. The Labute approximate surface area is 117 Å². The zero-order chi connectivity index (χ0) is 13.2. The molecule has 1 aliphatic carbocycles. The highest BCUT2D eigenvalue weighted by molar-refractivity contribution is 9.09. The fourth-order valence-corrected chi connectivity index (χ4v) is 4.31. The molecule has 1 aromatic rings. The van der Waals surface area contributed by atoms with Crippen molar-refractivity contribution in [2.75, 3.05) is 6.54 Å². The number of sulfonamides is 1. The van der Waals surface area contributed by atoms with Crippen molar-refractivity contribution in [1.82, 2.24) is 4.72 Å². The van der Waals surface area contributed by atoms with Gasteiger partial charge in [-0.2, -0.15) is 0 Å². The third kappa shape index (κ3) is 3.56. The van der Waals surface area contributed by atoms with Gasteiger partial charge in [0.2, 0.25) is 10.0 Å². The fraction of sp³-hybridized carbons (Fsp3) is 0.538. The third-order valence-electron chi connectivity index (χ3n) is 3.34. The summed E-state index contributed by atoms with van der Waals surface area (Å²) in [4.78, 5) is 0.905. The highest BCUT2D eigenvalue weighted by Crippen LogP contribution is 2.30. The van der Waals surface area contributed by atoms with E-state index in [4.69, 9.17) is 0 Å². The second-order valence-electron chi connectivity index (χ2n) is 4.94. The molecule has 1 aliphatic rings. The molecule has 0 spiro atoms. The second kappa shape index (κ2) is 5.72. The van der Waals surface area contributed by atoms with Gasteiger partial charge in [-0.05, 0) is 49.8 Å². The van der Waals surface area contributed by atoms with Crippen LogP contribution in [-0.2, 0) is 10.0 Å². The lowest BCUT2D eigenvalue weighted by Gasteiger charge is -2.11. The number of halogens is 1. The Morgan fingerprint density at radius 3 is 2.78 bits per heavy atom. The van der Waals surface area contributed by atoms with E-state index in [1.165, 1.54) is 0 Å². The number of hydrogen-bond acceptors (Lipinski definition) is 2. The molecular weight excluding hydrogens is 314 g/mol. The first-order valence-corrected chi connectivity index (χ1v) is 8.57. The molecule has 2 unspecified atom stereocenters. The summed E-state index contributed by atoms with van der Waals surface area (Å²) >= 11 is 3.58. The average Bonchev–Trinajstić information content (AvgIpc) is 2.73. The minimum absolute atomic E-state index is 0.357. The van der Waals surface area contributed by atoms with Gasteiger partial charge in [0.05, 0.1) is 4.90 Å². The lowest BCUT2D eigenvalue weighted by molar-refractivity contribution is 0.520. The predicted octanol–water partition coefficient (Wildman–Crippen LogP) is 2.84. The van der Waals surface area contributed by atoms with Crippen molar-refractivity contribution < 1.29 is 8.42 Å². The minimum atomic E-state index is -3.35.